The lowest BCUT2D eigenvalue weighted by atomic mass is 9.44. The van der Waals surface area contributed by atoms with Crippen LogP contribution in [0.1, 0.15) is 17.0 Å². The molecule has 6 nitrogen and oxygen atoms in total. The van der Waals surface area contributed by atoms with Gasteiger partial charge in [-0.1, -0.05) is 18.2 Å². The summed E-state index contributed by atoms with van der Waals surface area (Å²) in [6, 6.07) is 3.87. The molecule has 8 heteroatoms. The fourth-order valence-corrected chi connectivity index (χ4v) is 3.75. The number of rotatable bonds is 2. The van der Waals surface area contributed by atoms with Crippen molar-refractivity contribution in [1.82, 2.24) is 20.0 Å². The molecule has 0 saturated carbocycles. The van der Waals surface area contributed by atoms with E-state index >= 15 is 0 Å². The largest absolute Gasteiger partial charge is 0.399 e. The monoisotopic (exact) mass is 350 g/mol. The first-order valence-corrected chi connectivity index (χ1v) is 8.46. The number of halogens is 1. The average Bonchev–Trinajstić information content (AvgIpc) is 3.15. The van der Waals surface area contributed by atoms with E-state index in [1.807, 2.05) is 23.7 Å². The molecule has 0 spiro atoms. The van der Waals surface area contributed by atoms with Gasteiger partial charge in [-0.15, -0.1) is 0 Å². The van der Waals surface area contributed by atoms with Crippen LogP contribution in [0.15, 0.2) is 18.7 Å². The van der Waals surface area contributed by atoms with E-state index in [1.165, 1.54) is 0 Å². The SMILES string of the molecule is C=C(N)c1c(-c2cc(Cl)c3n[nH]c(C)c3c2)nn2c1CB(C#N)CC2. The number of benzene rings is 1. The highest BCUT2D eigenvalue weighted by Crippen LogP contribution is 2.36. The summed E-state index contributed by atoms with van der Waals surface area (Å²) in [4.78, 5) is 0. The van der Waals surface area contributed by atoms with Gasteiger partial charge in [-0.25, -0.2) is 5.26 Å². The van der Waals surface area contributed by atoms with Crippen LogP contribution in [0, 0.1) is 18.2 Å². The summed E-state index contributed by atoms with van der Waals surface area (Å²) in [6.45, 7) is 6.56. The Morgan fingerprint density at radius 2 is 2.32 bits per heavy atom. The molecule has 0 amide bonds. The van der Waals surface area contributed by atoms with Crippen molar-refractivity contribution in [1.29, 1.82) is 5.26 Å². The first kappa shape index (κ1) is 15.8. The number of fused-ring (bicyclic) bond motifs is 2. The van der Waals surface area contributed by atoms with Gasteiger partial charge >= 0.3 is 0 Å². The fourth-order valence-electron chi connectivity index (χ4n) is 3.49. The Kier molecular flexibility index (Phi) is 3.58. The Morgan fingerprint density at radius 1 is 1.52 bits per heavy atom. The molecule has 3 heterocycles. The van der Waals surface area contributed by atoms with Crippen LogP contribution in [0.3, 0.4) is 0 Å². The highest BCUT2D eigenvalue weighted by atomic mass is 35.5. The van der Waals surface area contributed by atoms with Crippen LogP contribution >= 0.6 is 11.6 Å². The van der Waals surface area contributed by atoms with E-state index in [2.05, 4.69) is 22.7 Å². The zero-order valence-corrected chi connectivity index (χ0v) is 14.6. The number of hydrogen-bond donors (Lipinski definition) is 2. The zero-order chi connectivity index (χ0) is 17.7. The van der Waals surface area contributed by atoms with E-state index in [-0.39, 0.29) is 6.71 Å². The fraction of sp³-hybridized carbons (Fsp3) is 0.235. The molecule has 25 heavy (non-hydrogen) atoms. The molecule has 0 bridgehead atoms. The summed E-state index contributed by atoms with van der Waals surface area (Å²) in [5, 5.41) is 22.7. The highest BCUT2D eigenvalue weighted by molar-refractivity contribution is 6.66. The van der Waals surface area contributed by atoms with Crippen molar-refractivity contribution >= 4 is 34.9 Å². The first-order valence-electron chi connectivity index (χ1n) is 8.08. The maximum absolute atomic E-state index is 9.27. The van der Waals surface area contributed by atoms with Crippen LogP contribution in [-0.4, -0.2) is 26.7 Å². The van der Waals surface area contributed by atoms with Gasteiger partial charge in [0.2, 0.25) is 0 Å². The molecular weight excluding hydrogens is 334 g/mol. The van der Waals surface area contributed by atoms with E-state index in [0.29, 0.717) is 23.6 Å². The van der Waals surface area contributed by atoms with Crippen LogP contribution in [0.5, 0.6) is 0 Å². The highest BCUT2D eigenvalue weighted by Gasteiger charge is 2.29. The lowest BCUT2D eigenvalue weighted by Gasteiger charge is -2.16. The van der Waals surface area contributed by atoms with Gasteiger partial charge in [0.05, 0.1) is 5.02 Å². The van der Waals surface area contributed by atoms with Crippen LogP contribution in [-0.2, 0) is 12.9 Å². The number of nitriles is 1. The molecule has 1 aliphatic rings. The van der Waals surface area contributed by atoms with Crippen LogP contribution < -0.4 is 5.73 Å². The molecule has 0 aliphatic carbocycles. The number of aromatic nitrogens is 4. The van der Waals surface area contributed by atoms with Gasteiger partial charge in [-0.3, -0.25) is 9.78 Å². The van der Waals surface area contributed by atoms with Crippen molar-refractivity contribution < 1.29 is 0 Å². The topological polar surface area (TPSA) is 96.3 Å². The van der Waals surface area contributed by atoms with E-state index in [4.69, 9.17) is 22.4 Å². The Morgan fingerprint density at radius 3 is 3.04 bits per heavy atom. The summed E-state index contributed by atoms with van der Waals surface area (Å²) >= 11 is 6.42. The van der Waals surface area contributed by atoms with Gasteiger partial charge in [0, 0.05) is 46.1 Å². The minimum atomic E-state index is -0.0164. The van der Waals surface area contributed by atoms with E-state index < -0.39 is 0 Å². The van der Waals surface area contributed by atoms with Crippen LogP contribution in [0.4, 0.5) is 0 Å². The Hall–Kier alpha value is -2.72. The molecule has 3 aromatic rings. The number of H-pyrrole nitrogens is 1. The van der Waals surface area contributed by atoms with Gasteiger partial charge in [-0.05, 0) is 31.7 Å². The normalized spacial score (nSPS) is 13.7. The smallest absolute Gasteiger partial charge is 0.275 e. The van der Waals surface area contributed by atoms with E-state index in [9.17, 15) is 5.26 Å². The van der Waals surface area contributed by atoms with Crippen molar-refractivity contribution in [3.63, 3.8) is 0 Å². The zero-order valence-electron chi connectivity index (χ0n) is 13.8. The number of nitrogens with zero attached hydrogens (tertiary/aromatic N) is 4. The molecule has 4 rings (SSSR count). The molecular formula is C17H16BClN6. The number of hydrogen-bond acceptors (Lipinski definition) is 4. The van der Waals surface area contributed by atoms with Crippen molar-refractivity contribution in [2.45, 2.75) is 26.1 Å². The molecule has 1 aliphatic heterocycles. The molecule has 0 radical (unpaired) electrons. The van der Waals surface area contributed by atoms with Crippen molar-refractivity contribution in [2.24, 2.45) is 5.73 Å². The van der Waals surface area contributed by atoms with Crippen molar-refractivity contribution in [2.75, 3.05) is 0 Å². The summed E-state index contributed by atoms with van der Waals surface area (Å²) in [6.07, 6.45) is 1.43. The Bertz CT molecular complexity index is 1060. The quantitative estimate of drug-likeness (QED) is 0.694. The lowest BCUT2D eigenvalue weighted by molar-refractivity contribution is 0.616. The first-order chi connectivity index (χ1) is 12.0. The summed E-state index contributed by atoms with van der Waals surface area (Å²) in [5.74, 6) is 2.35. The minimum Gasteiger partial charge on any atom is -0.399 e. The van der Waals surface area contributed by atoms with Gasteiger partial charge in [0.15, 0.2) is 0 Å². The third-order valence-electron chi connectivity index (χ3n) is 4.77. The Labute approximate surface area is 150 Å². The molecule has 2 aromatic heterocycles. The van der Waals surface area contributed by atoms with E-state index in [1.54, 1.807) is 0 Å². The number of aryl methyl sites for hydroxylation is 2. The maximum Gasteiger partial charge on any atom is 0.275 e. The average molecular weight is 351 g/mol. The van der Waals surface area contributed by atoms with Crippen LogP contribution in [0.2, 0.25) is 11.3 Å². The van der Waals surface area contributed by atoms with Gasteiger partial charge in [0.25, 0.3) is 6.71 Å². The molecule has 0 unspecified atom stereocenters. The molecule has 3 N–H and O–H groups in total. The second-order valence-corrected chi connectivity index (χ2v) is 6.85. The molecule has 0 fully saturated rings. The second kappa shape index (κ2) is 5.68. The molecule has 0 atom stereocenters. The maximum atomic E-state index is 9.27. The van der Waals surface area contributed by atoms with E-state index in [0.717, 1.165) is 45.4 Å². The van der Waals surface area contributed by atoms with Crippen molar-refractivity contribution in [3.8, 4) is 17.2 Å². The van der Waals surface area contributed by atoms with Gasteiger partial charge < -0.3 is 5.73 Å². The minimum absolute atomic E-state index is 0.0164. The molecule has 0 saturated heterocycles. The second-order valence-electron chi connectivity index (χ2n) is 6.44. The van der Waals surface area contributed by atoms with Crippen molar-refractivity contribution in [3.05, 3.63) is 40.7 Å². The third kappa shape index (κ3) is 2.41. The van der Waals surface area contributed by atoms with Gasteiger partial charge in [0.1, 0.15) is 11.2 Å². The summed E-state index contributed by atoms with van der Waals surface area (Å²) in [5.41, 5.74) is 11.6. The molecule has 1 aromatic carbocycles. The standard InChI is InChI=1S/C17H16BClN6/c1-9(21)15-14-7-18(8-20)3-4-25(14)24-16(15)11-5-12-10(2)22-23-17(12)13(19)6-11/h5-6H,1,3-4,7,21H2,2H3,(H,22,23). The number of nitrogens with two attached hydrogens (primary N) is 1. The summed E-state index contributed by atoms with van der Waals surface area (Å²) in [7, 11) is 0. The predicted molar refractivity (Wildman–Crippen MR) is 100 cm³/mol. The Balaban J connectivity index is 1.95. The lowest BCUT2D eigenvalue weighted by Crippen LogP contribution is -2.26. The van der Waals surface area contributed by atoms with Gasteiger partial charge in [-0.2, -0.15) is 10.2 Å². The summed E-state index contributed by atoms with van der Waals surface area (Å²) < 4.78 is 1.94. The van der Waals surface area contributed by atoms with Crippen LogP contribution in [0.25, 0.3) is 27.9 Å². The molecule has 124 valence electrons. The predicted octanol–water partition coefficient (Wildman–Crippen LogP) is 2.97. The number of aromatic amines is 1. The number of nitrogens with one attached hydrogen (secondary N) is 1. The third-order valence-corrected chi connectivity index (χ3v) is 5.05.